The minimum atomic E-state index is -3.66. The quantitative estimate of drug-likeness (QED) is 0.374. The number of carbonyl (C=O) groups excluding carboxylic acids is 2. The molecule has 1 N–H and O–H groups in total. The zero-order valence-electron chi connectivity index (χ0n) is 18.3. The number of thiazole rings is 1. The van der Waals surface area contributed by atoms with Gasteiger partial charge in [-0.3, -0.25) is 9.36 Å². The third kappa shape index (κ3) is 5.14. The lowest BCUT2D eigenvalue weighted by molar-refractivity contribution is 0.0474. The normalized spacial score (nSPS) is 12.5. The number of benzene rings is 1. The molecule has 0 aliphatic heterocycles. The van der Waals surface area contributed by atoms with Crippen LogP contribution in [0.5, 0.6) is 0 Å². The number of aryl methyl sites for hydroxylation is 1. The lowest BCUT2D eigenvalue weighted by atomic mass is 10.1. The zero-order chi connectivity index (χ0) is 23.5. The smallest absolute Gasteiger partial charge is 0.338 e. The highest BCUT2D eigenvalue weighted by Gasteiger charge is 2.20. The number of hydrogen-bond donors (Lipinski definition) is 1. The molecule has 2 aromatic heterocycles. The van der Waals surface area contributed by atoms with Gasteiger partial charge in [0.1, 0.15) is 0 Å². The van der Waals surface area contributed by atoms with Gasteiger partial charge < -0.3 is 4.74 Å². The van der Waals surface area contributed by atoms with E-state index >= 15 is 0 Å². The fourth-order valence-electron chi connectivity index (χ4n) is 3.14. The van der Waals surface area contributed by atoms with Crippen molar-refractivity contribution in [2.24, 2.45) is 0 Å². The Labute approximate surface area is 191 Å². The predicted octanol–water partition coefficient (Wildman–Crippen LogP) is 3.67. The fourth-order valence-corrected chi connectivity index (χ4v) is 5.22. The van der Waals surface area contributed by atoms with Crippen molar-refractivity contribution in [1.82, 2.24) is 14.3 Å². The lowest BCUT2D eigenvalue weighted by Gasteiger charge is -2.12. The van der Waals surface area contributed by atoms with Crippen LogP contribution < -0.4 is 4.72 Å². The van der Waals surface area contributed by atoms with Crippen LogP contribution in [-0.4, -0.2) is 42.4 Å². The Bertz CT molecular complexity index is 1210. The molecule has 0 saturated heterocycles. The van der Waals surface area contributed by atoms with Crippen LogP contribution in [0.25, 0.3) is 5.13 Å². The van der Waals surface area contributed by atoms with E-state index in [0.717, 1.165) is 16.5 Å². The van der Waals surface area contributed by atoms with Crippen LogP contribution in [0.2, 0.25) is 0 Å². The van der Waals surface area contributed by atoms with Gasteiger partial charge in [-0.05, 0) is 57.5 Å². The van der Waals surface area contributed by atoms with Crippen LogP contribution in [0, 0.1) is 13.8 Å². The van der Waals surface area contributed by atoms with E-state index in [1.165, 1.54) is 35.6 Å². The number of Topliss-reactive ketones (excluding diaryl/α,β-unsaturated/α-hetero) is 1. The molecule has 1 atom stereocenters. The first-order chi connectivity index (χ1) is 15.1. The summed E-state index contributed by atoms with van der Waals surface area (Å²) >= 11 is 1.46. The Balaban J connectivity index is 1.66. The Hall–Kier alpha value is -2.82. The summed E-state index contributed by atoms with van der Waals surface area (Å²) in [4.78, 5) is 29.3. The second kappa shape index (κ2) is 9.76. The van der Waals surface area contributed by atoms with E-state index in [0.29, 0.717) is 12.0 Å². The number of rotatable bonds is 9. The minimum absolute atomic E-state index is 0.0556. The first-order valence-corrected chi connectivity index (χ1v) is 12.4. The molecule has 170 valence electrons. The number of nitrogens with zero attached hydrogens (tertiary/aromatic N) is 2. The van der Waals surface area contributed by atoms with E-state index in [9.17, 15) is 18.0 Å². The number of aromatic nitrogens is 2. The van der Waals surface area contributed by atoms with Gasteiger partial charge in [0.2, 0.25) is 15.8 Å². The van der Waals surface area contributed by atoms with Crippen molar-refractivity contribution < 1.29 is 22.7 Å². The van der Waals surface area contributed by atoms with Gasteiger partial charge in [-0.1, -0.05) is 6.92 Å². The molecule has 0 fully saturated rings. The molecule has 32 heavy (non-hydrogen) atoms. The van der Waals surface area contributed by atoms with Crippen LogP contribution in [0.4, 0.5) is 0 Å². The molecule has 0 aliphatic rings. The number of ether oxygens (including phenoxy) is 1. The van der Waals surface area contributed by atoms with Crippen molar-refractivity contribution >= 4 is 33.1 Å². The molecular formula is C22H25N3O5S2. The Kier molecular flexibility index (Phi) is 7.27. The van der Waals surface area contributed by atoms with Gasteiger partial charge >= 0.3 is 5.97 Å². The van der Waals surface area contributed by atoms with Crippen LogP contribution >= 0.6 is 11.3 Å². The Morgan fingerprint density at radius 1 is 1.22 bits per heavy atom. The summed E-state index contributed by atoms with van der Waals surface area (Å²) in [5.74, 6) is -1.03. The highest BCUT2D eigenvalue weighted by atomic mass is 32.2. The molecule has 0 amide bonds. The number of carbonyl (C=O) groups is 2. The maximum Gasteiger partial charge on any atom is 0.338 e. The molecule has 1 aromatic carbocycles. The highest BCUT2D eigenvalue weighted by Crippen LogP contribution is 2.23. The first kappa shape index (κ1) is 23.8. The minimum Gasteiger partial charge on any atom is -0.454 e. The molecule has 10 heteroatoms. The van der Waals surface area contributed by atoms with Crippen molar-refractivity contribution in [2.75, 3.05) is 6.61 Å². The van der Waals surface area contributed by atoms with Crippen LogP contribution in [-0.2, 0) is 14.8 Å². The van der Waals surface area contributed by atoms with Crippen molar-refractivity contribution in [3.8, 4) is 5.13 Å². The number of ketones is 1. The highest BCUT2D eigenvalue weighted by molar-refractivity contribution is 7.89. The summed E-state index contributed by atoms with van der Waals surface area (Å²) in [6, 6.07) is 6.96. The van der Waals surface area contributed by atoms with E-state index in [1.54, 1.807) is 19.2 Å². The van der Waals surface area contributed by atoms with Gasteiger partial charge in [0.25, 0.3) is 0 Å². The van der Waals surface area contributed by atoms with Gasteiger partial charge in [0.15, 0.2) is 11.7 Å². The topological polar surface area (TPSA) is 107 Å². The molecular weight excluding hydrogens is 450 g/mol. The van der Waals surface area contributed by atoms with Gasteiger partial charge in [-0.15, -0.1) is 11.3 Å². The molecule has 0 bridgehead atoms. The summed E-state index contributed by atoms with van der Waals surface area (Å²) in [6.07, 6.45) is 2.35. The van der Waals surface area contributed by atoms with Crippen molar-refractivity contribution in [2.45, 2.75) is 45.1 Å². The molecule has 0 saturated carbocycles. The fraction of sp³-hybridized carbons (Fsp3) is 0.318. The molecule has 0 radical (unpaired) electrons. The van der Waals surface area contributed by atoms with E-state index in [4.69, 9.17) is 4.74 Å². The maximum absolute atomic E-state index is 12.7. The SMILES string of the molecule is CCC(C)NS(=O)(=O)c1ccc(C(=O)OCC(=O)c2cc(C)n(-c3nccs3)c2C)cc1. The van der Waals surface area contributed by atoms with Gasteiger partial charge in [0, 0.05) is 34.6 Å². The monoisotopic (exact) mass is 475 g/mol. The predicted molar refractivity (Wildman–Crippen MR) is 122 cm³/mol. The maximum atomic E-state index is 12.7. The Morgan fingerprint density at radius 3 is 2.50 bits per heavy atom. The molecule has 1 unspecified atom stereocenters. The van der Waals surface area contributed by atoms with Crippen LogP contribution in [0.3, 0.4) is 0 Å². The number of nitrogens with one attached hydrogen (secondary N) is 1. The Morgan fingerprint density at radius 2 is 1.91 bits per heavy atom. The molecule has 8 nitrogen and oxygen atoms in total. The van der Waals surface area contributed by atoms with Crippen LogP contribution in [0.15, 0.2) is 46.8 Å². The average molecular weight is 476 g/mol. The van der Waals surface area contributed by atoms with E-state index in [2.05, 4.69) is 9.71 Å². The van der Waals surface area contributed by atoms with Crippen LogP contribution in [0.1, 0.15) is 52.4 Å². The summed E-state index contributed by atoms with van der Waals surface area (Å²) in [5.41, 5.74) is 2.20. The molecule has 3 aromatic rings. The van der Waals surface area contributed by atoms with Gasteiger partial charge in [-0.2, -0.15) is 0 Å². The van der Waals surface area contributed by atoms with Crippen molar-refractivity contribution in [3.63, 3.8) is 0 Å². The average Bonchev–Trinajstić information content (AvgIpc) is 3.38. The molecule has 3 rings (SSSR count). The number of sulfonamides is 1. The molecule has 2 heterocycles. The second-order valence-electron chi connectivity index (χ2n) is 7.39. The number of esters is 1. The van der Waals surface area contributed by atoms with E-state index < -0.39 is 22.6 Å². The standard InChI is InChI=1S/C22H25N3O5S2/c1-5-14(2)24-32(28,29)18-8-6-17(7-9-18)21(27)30-13-20(26)19-12-15(3)25(16(19)4)22-23-10-11-31-22/h6-12,14,24H,5,13H2,1-4H3. The van der Waals surface area contributed by atoms with E-state index in [-0.39, 0.29) is 22.3 Å². The third-order valence-electron chi connectivity index (χ3n) is 5.05. The summed E-state index contributed by atoms with van der Waals surface area (Å²) in [6.45, 7) is 6.93. The third-order valence-corrected chi connectivity index (χ3v) is 7.41. The largest absolute Gasteiger partial charge is 0.454 e. The van der Waals surface area contributed by atoms with Crippen molar-refractivity contribution in [3.05, 3.63) is 64.4 Å². The second-order valence-corrected chi connectivity index (χ2v) is 9.98. The zero-order valence-corrected chi connectivity index (χ0v) is 19.9. The lowest BCUT2D eigenvalue weighted by Crippen LogP contribution is -2.32. The van der Waals surface area contributed by atoms with Crippen molar-refractivity contribution in [1.29, 1.82) is 0 Å². The summed E-state index contributed by atoms with van der Waals surface area (Å²) < 4.78 is 34.3. The summed E-state index contributed by atoms with van der Waals surface area (Å²) in [5, 5.41) is 2.61. The number of hydrogen-bond acceptors (Lipinski definition) is 7. The van der Waals surface area contributed by atoms with Gasteiger partial charge in [-0.25, -0.2) is 22.9 Å². The summed E-state index contributed by atoms with van der Waals surface area (Å²) in [7, 11) is -3.66. The molecule has 0 aliphatic carbocycles. The first-order valence-electron chi connectivity index (χ1n) is 10.1. The molecule has 0 spiro atoms. The van der Waals surface area contributed by atoms with E-state index in [1.807, 2.05) is 30.7 Å². The van der Waals surface area contributed by atoms with Gasteiger partial charge in [0.05, 0.1) is 10.5 Å².